The van der Waals surface area contributed by atoms with Crippen LogP contribution in [0.1, 0.15) is 44.1 Å². The van der Waals surface area contributed by atoms with Gasteiger partial charge in [0.25, 0.3) is 0 Å². The first-order chi connectivity index (χ1) is 9.75. The van der Waals surface area contributed by atoms with E-state index in [-0.39, 0.29) is 5.92 Å². The minimum absolute atomic E-state index is 0.140. The number of benzene rings is 1. The van der Waals surface area contributed by atoms with Gasteiger partial charge in [-0.1, -0.05) is 37.5 Å². The Bertz CT molecular complexity index is 480. The van der Waals surface area contributed by atoms with E-state index >= 15 is 0 Å². The molecule has 3 rings (SSSR count). The quantitative estimate of drug-likeness (QED) is 0.860. The van der Waals surface area contributed by atoms with Gasteiger partial charge in [0, 0.05) is 24.2 Å². The van der Waals surface area contributed by atoms with Crippen molar-refractivity contribution in [1.29, 1.82) is 0 Å². The number of carbonyl (C=O) groups is 1. The summed E-state index contributed by atoms with van der Waals surface area (Å²) in [6, 6.07) is 8.43. The molecule has 1 atom stereocenters. The summed E-state index contributed by atoms with van der Waals surface area (Å²) in [7, 11) is 0. The molecule has 2 aliphatic rings. The number of para-hydroxylation sites is 1. The predicted octanol–water partition coefficient (Wildman–Crippen LogP) is 2.99. The van der Waals surface area contributed by atoms with Crippen LogP contribution in [-0.4, -0.2) is 23.4 Å². The van der Waals surface area contributed by atoms with E-state index in [4.69, 9.17) is 5.73 Å². The third-order valence-electron chi connectivity index (χ3n) is 4.89. The average molecular weight is 272 g/mol. The molecule has 1 amide bonds. The van der Waals surface area contributed by atoms with Crippen molar-refractivity contribution in [3.8, 4) is 0 Å². The third kappa shape index (κ3) is 2.67. The van der Waals surface area contributed by atoms with Gasteiger partial charge in [0.15, 0.2) is 0 Å². The van der Waals surface area contributed by atoms with Gasteiger partial charge in [-0.2, -0.15) is 0 Å². The zero-order chi connectivity index (χ0) is 13.9. The van der Waals surface area contributed by atoms with Gasteiger partial charge in [0.2, 0.25) is 5.91 Å². The highest BCUT2D eigenvalue weighted by Crippen LogP contribution is 2.31. The van der Waals surface area contributed by atoms with Gasteiger partial charge in [-0.15, -0.1) is 0 Å². The third-order valence-corrected chi connectivity index (χ3v) is 4.89. The molecule has 1 aromatic rings. The van der Waals surface area contributed by atoms with Crippen LogP contribution in [0.15, 0.2) is 24.3 Å². The number of nitrogens with zero attached hydrogens (tertiary/aromatic N) is 1. The number of hydrogen-bond acceptors (Lipinski definition) is 2. The molecule has 20 heavy (non-hydrogen) atoms. The maximum absolute atomic E-state index is 12.6. The Balaban J connectivity index is 1.65. The van der Waals surface area contributed by atoms with Crippen molar-refractivity contribution >= 4 is 11.6 Å². The number of nitrogen functional groups attached to an aromatic ring is 1. The predicted molar refractivity (Wildman–Crippen MR) is 81.3 cm³/mol. The van der Waals surface area contributed by atoms with E-state index < -0.39 is 0 Å². The normalized spacial score (nSPS) is 24.3. The maximum atomic E-state index is 12.6. The van der Waals surface area contributed by atoms with E-state index in [1.165, 1.54) is 32.1 Å². The lowest BCUT2D eigenvalue weighted by Crippen LogP contribution is -2.39. The number of rotatable bonds is 3. The van der Waals surface area contributed by atoms with Crippen LogP contribution in [0.3, 0.4) is 0 Å². The Morgan fingerprint density at radius 3 is 2.60 bits per heavy atom. The van der Waals surface area contributed by atoms with Crippen LogP contribution in [-0.2, 0) is 11.2 Å². The van der Waals surface area contributed by atoms with Gasteiger partial charge in [0.1, 0.15) is 0 Å². The van der Waals surface area contributed by atoms with E-state index in [1.54, 1.807) is 0 Å². The maximum Gasteiger partial charge on any atom is 0.226 e. The SMILES string of the molecule is Nc1ccccc1CC1CCN(C2CCCCC2)C1=O. The minimum Gasteiger partial charge on any atom is -0.399 e. The van der Waals surface area contributed by atoms with Crippen LogP contribution in [0, 0.1) is 5.92 Å². The van der Waals surface area contributed by atoms with E-state index in [2.05, 4.69) is 4.90 Å². The molecule has 1 aliphatic carbocycles. The first kappa shape index (κ1) is 13.5. The summed E-state index contributed by atoms with van der Waals surface area (Å²) < 4.78 is 0. The van der Waals surface area contributed by atoms with Crippen LogP contribution in [0.5, 0.6) is 0 Å². The van der Waals surface area contributed by atoms with E-state index in [9.17, 15) is 4.79 Å². The molecule has 1 aromatic carbocycles. The van der Waals surface area contributed by atoms with Crippen LogP contribution in [0.4, 0.5) is 5.69 Å². The second-order valence-corrected chi connectivity index (χ2v) is 6.21. The average Bonchev–Trinajstić information content (AvgIpc) is 2.84. The summed E-state index contributed by atoms with van der Waals surface area (Å²) in [5, 5.41) is 0. The summed E-state index contributed by atoms with van der Waals surface area (Å²) in [5.41, 5.74) is 7.93. The molecular formula is C17H24N2O. The van der Waals surface area contributed by atoms with Gasteiger partial charge < -0.3 is 10.6 Å². The molecule has 1 unspecified atom stereocenters. The largest absolute Gasteiger partial charge is 0.399 e. The standard InChI is InChI=1S/C17H24N2O/c18-16-9-5-4-6-13(16)12-14-10-11-19(17(14)20)15-7-2-1-3-8-15/h4-6,9,14-15H,1-3,7-8,10-12,18H2. The molecule has 108 valence electrons. The number of hydrogen-bond donors (Lipinski definition) is 1. The highest BCUT2D eigenvalue weighted by molar-refractivity contribution is 5.81. The fourth-order valence-electron chi connectivity index (χ4n) is 3.69. The van der Waals surface area contributed by atoms with Crippen LogP contribution >= 0.6 is 0 Å². The van der Waals surface area contributed by atoms with Gasteiger partial charge in [-0.25, -0.2) is 0 Å². The van der Waals surface area contributed by atoms with E-state index in [0.717, 1.165) is 30.6 Å². The van der Waals surface area contributed by atoms with E-state index in [1.807, 2.05) is 24.3 Å². The molecule has 0 aromatic heterocycles. The van der Waals surface area contributed by atoms with Crippen LogP contribution < -0.4 is 5.73 Å². The molecule has 0 radical (unpaired) electrons. The number of amides is 1. The highest BCUT2D eigenvalue weighted by atomic mass is 16.2. The van der Waals surface area contributed by atoms with Crippen molar-refractivity contribution in [2.75, 3.05) is 12.3 Å². The topological polar surface area (TPSA) is 46.3 Å². The number of likely N-dealkylation sites (tertiary alicyclic amines) is 1. The molecule has 2 fully saturated rings. The fourth-order valence-corrected chi connectivity index (χ4v) is 3.69. The summed E-state index contributed by atoms with van der Waals surface area (Å²) in [5.74, 6) is 0.502. The Kier molecular flexibility index (Phi) is 3.95. The summed E-state index contributed by atoms with van der Waals surface area (Å²) in [6.07, 6.45) is 8.09. The summed E-state index contributed by atoms with van der Waals surface area (Å²) in [6.45, 7) is 0.945. The lowest BCUT2D eigenvalue weighted by atomic mass is 9.94. The second-order valence-electron chi connectivity index (χ2n) is 6.21. The lowest BCUT2D eigenvalue weighted by molar-refractivity contribution is -0.133. The van der Waals surface area contributed by atoms with Crippen LogP contribution in [0.25, 0.3) is 0 Å². The smallest absolute Gasteiger partial charge is 0.226 e. The molecule has 3 heteroatoms. The zero-order valence-corrected chi connectivity index (χ0v) is 12.1. The van der Waals surface area contributed by atoms with Gasteiger partial charge in [-0.3, -0.25) is 4.79 Å². The minimum atomic E-state index is 0.140. The Morgan fingerprint density at radius 1 is 1.10 bits per heavy atom. The lowest BCUT2D eigenvalue weighted by Gasteiger charge is -2.31. The number of nitrogens with two attached hydrogens (primary N) is 1. The molecule has 0 spiro atoms. The first-order valence-electron chi connectivity index (χ1n) is 7.89. The molecule has 2 N–H and O–H groups in total. The zero-order valence-electron chi connectivity index (χ0n) is 12.1. The molecule has 0 bridgehead atoms. The second kappa shape index (κ2) is 5.86. The molecule has 3 nitrogen and oxygen atoms in total. The molecular weight excluding hydrogens is 248 g/mol. The van der Waals surface area contributed by atoms with Crippen molar-refractivity contribution < 1.29 is 4.79 Å². The molecule has 1 heterocycles. The van der Waals surface area contributed by atoms with Crippen molar-refractivity contribution in [3.63, 3.8) is 0 Å². The van der Waals surface area contributed by atoms with Gasteiger partial charge in [0.05, 0.1) is 0 Å². The monoisotopic (exact) mass is 272 g/mol. The molecule has 1 saturated carbocycles. The summed E-state index contributed by atoms with van der Waals surface area (Å²) in [4.78, 5) is 14.8. The van der Waals surface area contributed by atoms with E-state index in [0.29, 0.717) is 11.9 Å². The Hall–Kier alpha value is -1.51. The molecule has 1 saturated heterocycles. The van der Waals surface area contributed by atoms with Crippen molar-refractivity contribution in [2.45, 2.75) is 51.0 Å². The van der Waals surface area contributed by atoms with Gasteiger partial charge >= 0.3 is 0 Å². The molecule has 1 aliphatic heterocycles. The van der Waals surface area contributed by atoms with Crippen molar-refractivity contribution in [2.24, 2.45) is 5.92 Å². The Morgan fingerprint density at radius 2 is 1.85 bits per heavy atom. The summed E-state index contributed by atoms with van der Waals surface area (Å²) >= 11 is 0. The Labute approximate surface area is 121 Å². The number of carbonyl (C=O) groups excluding carboxylic acids is 1. The number of anilines is 1. The first-order valence-corrected chi connectivity index (χ1v) is 7.89. The van der Waals surface area contributed by atoms with Crippen molar-refractivity contribution in [1.82, 2.24) is 4.90 Å². The highest BCUT2D eigenvalue weighted by Gasteiger charge is 2.36. The fraction of sp³-hybridized carbons (Fsp3) is 0.588. The van der Waals surface area contributed by atoms with Crippen molar-refractivity contribution in [3.05, 3.63) is 29.8 Å². The van der Waals surface area contributed by atoms with Crippen LogP contribution in [0.2, 0.25) is 0 Å². The van der Waals surface area contributed by atoms with Gasteiger partial charge in [-0.05, 0) is 37.3 Å².